The minimum Gasteiger partial charge on any atom is -0.448 e. The predicted molar refractivity (Wildman–Crippen MR) is 164 cm³/mol. The number of carbonyl (C=O) groups excluding carboxylic acids is 5. The molecule has 0 unspecified atom stereocenters. The summed E-state index contributed by atoms with van der Waals surface area (Å²) >= 11 is 1.48. The van der Waals surface area contributed by atoms with Crippen LogP contribution in [0.3, 0.4) is 0 Å². The van der Waals surface area contributed by atoms with Crippen molar-refractivity contribution in [3.8, 4) is 0 Å². The van der Waals surface area contributed by atoms with Crippen LogP contribution in [0.15, 0.2) is 66.0 Å². The fourth-order valence-corrected chi connectivity index (χ4v) is 6.28. The Morgan fingerprint density at radius 2 is 1.48 bits per heavy atom. The largest absolute Gasteiger partial charge is 0.448 e. The summed E-state index contributed by atoms with van der Waals surface area (Å²) < 4.78 is 10.6. The third kappa shape index (κ3) is 8.16. The number of piperidine rings is 1. The van der Waals surface area contributed by atoms with E-state index in [0.717, 1.165) is 35.7 Å². The van der Waals surface area contributed by atoms with E-state index in [1.165, 1.54) is 16.2 Å². The second kappa shape index (κ2) is 14.9. The van der Waals surface area contributed by atoms with Gasteiger partial charge in [0.15, 0.2) is 0 Å². The predicted octanol–water partition coefficient (Wildman–Crippen LogP) is 3.41. The number of esters is 2. The lowest BCUT2D eigenvalue weighted by Crippen LogP contribution is -2.57. The normalized spacial score (nSPS) is 15.5. The second-order valence-electron chi connectivity index (χ2n) is 10.8. The molecular formula is C33H37N3O7S. The molecule has 1 aliphatic heterocycles. The van der Waals surface area contributed by atoms with Crippen LogP contribution in [0.25, 0.3) is 0 Å². The molecule has 11 heteroatoms. The van der Waals surface area contributed by atoms with Crippen LogP contribution in [0.4, 0.5) is 0 Å². The molecule has 1 N–H and O–H groups in total. The number of likely N-dealkylation sites (tertiary alicyclic amines) is 1. The average molecular weight is 620 g/mol. The zero-order valence-electron chi connectivity index (χ0n) is 25.1. The van der Waals surface area contributed by atoms with E-state index in [9.17, 15) is 24.0 Å². The fraction of sp³-hybridized carbons (Fsp3) is 0.394. The topological polar surface area (TPSA) is 132 Å². The number of carbonyl (C=O) groups is 5. The molecule has 232 valence electrons. The highest BCUT2D eigenvalue weighted by Gasteiger charge is 2.46. The van der Waals surface area contributed by atoms with Gasteiger partial charge in [-0.2, -0.15) is 0 Å². The molecular weight excluding hydrogens is 582 g/mol. The van der Waals surface area contributed by atoms with Crippen molar-refractivity contribution >= 4 is 40.9 Å². The van der Waals surface area contributed by atoms with Gasteiger partial charge in [-0.25, -0.2) is 4.98 Å². The molecule has 3 aromatic rings. The quantitative estimate of drug-likeness (QED) is 0.305. The first kappa shape index (κ1) is 32.5. The second-order valence-corrected chi connectivity index (χ2v) is 11.8. The number of benzene rings is 2. The monoisotopic (exact) mass is 619 g/mol. The lowest BCUT2D eigenvalue weighted by molar-refractivity contribution is -0.178. The smallest absolute Gasteiger partial charge is 0.303 e. The molecule has 0 bridgehead atoms. The van der Waals surface area contributed by atoms with Crippen LogP contribution in [0.1, 0.15) is 55.4 Å². The lowest BCUT2D eigenvalue weighted by Gasteiger charge is -2.41. The maximum absolute atomic E-state index is 13.7. The number of ketones is 1. The maximum Gasteiger partial charge on any atom is 0.303 e. The summed E-state index contributed by atoms with van der Waals surface area (Å²) in [7, 11) is 0. The molecule has 44 heavy (non-hydrogen) atoms. The summed E-state index contributed by atoms with van der Waals surface area (Å²) in [5, 5.41) is 5.48. The standard InChI is InChI=1S/C33H37N3O7S/c1-22(37)33(26-12-8-5-9-13-26)15-18-36(19-16-33)32(41)30(43-24(3)39)29(42-23(2)38)31(40)34-17-14-28-35-27(21-44-28)20-25-10-6-4-7-11-25/h4-13,21,29-30H,14-20H2,1-3H3,(H,34,40)/t29-,30-/m1/s1. The zero-order chi connectivity index (χ0) is 31.7. The molecule has 1 aliphatic rings. The first-order valence-corrected chi connectivity index (χ1v) is 15.4. The Balaban J connectivity index is 1.42. The Morgan fingerprint density at radius 3 is 2.07 bits per heavy atom. The van der Waals surface area contributed by atoms with Crippen LogP contribution in [-0.2, 0) is 51.7 Å². The summed E-state index contributed by atoms with van der Waals surface area (Å²) in [6.07, 6.45) is -1.55. The zero-order valence-corrected chi connectivity index (χ0v) is 25.9. The molecule has 0 spiro atoms. The first-order chi connectivity index (χ1) is 21.1. The molecule has 2 heterocycles. The number of nitrogens with one attached hydrogen (secondary N) is 1. The number of nitrogens with zero attached hydrogens (tertiary/aromatic N) is 2. The third-order valence-corrected chi connectivity index (χ3v) is 8.71. The van der Waals surface area contributed by atoms with E-state index in [0.29, 0.717) is 25.7 Å². The van der Waals surface area contributed by atoms with Crippen molar-refractivity contribution in [1.82, 2.24) is 15.2 Å². The average Bonchev–Trinajstić information content (AvgIpc) is 3.46. The lowest BCUT2D eigenvalue weighted by atomic mass is 9.70. The number of aromatic nitrogens is 1. The van der Waals surface area contributed by atoms with E-state index in [4.69, 9.17) is 9.47 Å². The minimum absolute atomic E-state index is 0.00285. The van der Waals surface area contributed by atoms with Gasteiger partial charge in [0.25, 0.3) is 11.8 Å². The van der Waals surface area contributed by atoms with Crippen LogP contribution in [0, 0.1) is 0 Å². The Bertz CT molecular complexity index is 1470. The summed E-state index contributed by atoms with van der Waals surface area (Å²) in [6, 6.07) is 19.4. The van der Waals surface area contributed by atoms with Gasteiger partial charge in [-0.05, 0) is 30.9 Å². The fourth-order valence-electron chi connectivity index (χ4n) is 5.49. The number of Topliss-reactive ketones (excluding diaryl/α,β-unsaturated/α-hetero) is 1. The van der Waals surface area contributed by atoms with Gasteiger partial charge in [-0.15, -0.1) is 11.3 Å². The maximum atomic E-state index is 13.7. The van der Waals surface area contributed by atoms with Crippen LogP contribution < -0.4 is 5.32 Å². The number of amides is 2. The van der Waals surface area contributed by atoms with Crippen molar-refractivity contribution < 1.29 is 33.4 Å². The molecule has 1 saturated heterocycles. The highest BCUT2D eigenvalue weighted by molar-refractivity contribution is 7.09. The molecule has 2 aromatic carbocycles. The molecule has 0 radical (unpaired) electrons. The Morgan fingerprint density at radius 1 is 0.886 bits per heavy atom. The summed E-state index contributed by atoms with van der Waals surface area (Å²) in [6.45, 7) is 4.32. The van der Waals surface area contributed by atoms with Crippen molar-refractivity contribution in [3.05, 3.63) is 87.9 Å². The van der Waals surface area contributed by atoms with E-state index in [1.807, 2.05) is 66.0 Å². The third-order valence-electron chi connectivity index (χ3n) is 7.76. The van der Waals surface area contributed by atoms with Crippen molar-refractivity contribution in [2.45, 2.75) is 64.1 Å². The first-order valence-electron chi connectivity index (χ1n) is 14.5. The van der Waals surface area contributed by atoms with Gasteiger partial charge in [0, 0.05) is 51.7 Å². The Kier molecular flexibility index (Phi) is 11.0. The van der Waals surface area contributed by atoms with Gasteiger partial charge in [-0.3, -0.25) is 24.0 Å². The van der Waals surface area contributed by atoms with Gasteiger partial charge in [-0.1, -0.05) is 60.7 Å². The number of rotatable bonds is 12. The molecule has 10 nitrogen and oxygen atoms in total. The van der Waals surface area contributed by atoms with E-state index < -0.39 is 41.4 Å². The van der Waals surface area contributed by atoms with E-state index in [1.54, 1.807) is 6.92 Å². The highest BCUT2D eigenvalue weighted by Crippen LogP contribution is 2.37. The Hall–Kier alpha value is -4.38. The highest BCUT2D eigenvalue weighted by atomic mass is 32.1. The van der Waals surface area contributed by atoms with Crippen molar-refractivity contribution in [2.75, 3.05) is 19.6 Å². The van der Waals surface area contributed by atoms with Crippen molar-refractivity contribution in [1.29, 1.82) is 0 Å². The molecule has 0 aliphatic carbocycles. The summed E-state index contributed by atoms with van der Waals surface area (Å²) in [5.74, 6) is -3.05. The SMILES string of the molecule is CC(=O)O[C@@H](C(=O)NCCc1nc(Cc2ccccc2)cs1)[C@@H](OC(C)=O)C(=O)N1CCC(C(C)=O)(c2ccccc2)CC1. The number of hydrogen-bond donors (Lipinski definition) is 1. The number of ether oxygens (including phenoxy) is 2. The number of thiazole rings is 1. The summed E-state index contributed by atoms with van der Waals surface area (Å²) in [5.41, 5.74) is 2.19. The molecule has 1 aromatic heterocycles. The van der Waals surface area contributed by atoms with Gasteiger partial charge >= 0.3 is 11.9 Å². The van der Waals surface area contributed by atoms with Crippen LogP contribution in [0.5, 0.6) is 0 Å². The van der Waals surface area contributed by atoms with Gasteiger partial charge in [0.05, 0.1) is 16.1 Å². The minimum atomic E-state index is -1.69. The summed E-state index contributed by atoms with van der Waals surface area (Å²) in [4.78, 5) is 69.9. The van der Waals surface area contributed by atoms with Crippen LogP contribution in [-0.4, -0.2) is 71.3 Å². The van der Waals surface area contributed by atoms with Gasteiger partial charge < -0.3 is 19.7 Å². The molecule has 2 amide bonds. The molecule has 0 saturated carbocycles. The van der Waals surface area contributed by atoms with Gasteiger partial charge in [0.2, 0.25) is 12.2 Å². The van der Waals surface area contributed by atoms with Crippen LogP contribution in [0.2, 0.25) is 0 Å². The van der Waals surface area contributed by atoms with Crippen molar-refractivity contribution in [2.24, 2.45) is 0 Å². The molecule has 2 atom stereocenters. The molecule has 1 fully saturated rings. The Labute approximate surface area is 260 Å². The van der Waals surface area contributed by atoms with E-state index in [2.05, 4.69) is 10.3 Å². The van der Waals surface area contributed by atoms with Crippen molar-refractivity contribution in [3.63, 3.8) is 0 Å². The molecule has 4 rings (SSSR count). The van der Waals surface area contributed by atoms with E-state index >= 15 is 0 Å². The number of hydrogen-bond acceptors (Lipinski definition) is 9. The van der Waals surface area contributed by atoms with Crippen LogP contribution >= 0.6 is 11.3 Å². The van der Waals surface area contributed by atoms with E-state index in [-0.39, 0.29) is 25.4 Å². The van der Waals surface area contributed by atoms with Gasteiger partial charge in [0.1, 0.15) is 5.78 Å².